The number of hydrogen-bond acceptors (Lipinski definition) is 4. The molecule has 0 saturated carbocycles. The van der Waals surface area contributed by atoms with E-state index in [0.717, 1.165) is 39.0 Å². The number of carbonyl (C=O) groups excluding carboxylic acids is 1. The third-order valence-electron chi connectivity index (χ3n) is 5.19. The van der Waals surface area contributed by atoms with Gasteiger partial charge in [0.25, 0.3) is 0 Å². The Bertz CT molecular complexity index is 1030. The molecule has 1 aliphatic heterocycles. The summed E-state index contributed by atoms with van der Waals surface area (Å²) < 4.78 is 5.51. The number of benzene rings is 2. The highest BCUT2D eigenvalue weighted by atomic mass is 32.1. The van der Waals surface area contributed by atoms with Crippen molar-refractivity contribution in [3.05, 3.63) is 64.2 Å². The van der Waals surface area contributed by atoms with E-state index in [4.69, 9.17) is 9.72 Å². The molecule has 2 heterocycles. The summed E-state index contributed by atoms with van der Waals surface area (Å²) in [5, 5.41) is 4.02. The number of aryl methyl sites for hydroxylation is 2. The van der Waals surface area contributed by atoms with Crippen molar-refractivity contribution in [2.75, 3.05) is 18.5 Å². The Kier molecular flexibility index (Phi) is 5.53. The van der Waals surface area contributed by atoms with Crippen LogP contribution < -0.4 is 10.1 Å². The van der Waals surface area contributed by atoms with E-state index < -0.39 is 0 Å². The molecule has 29 heavy (non-hydrogen) atoms. The van der Waals surface area contributed by atoms with Crippen molar-refractivity contribution in [3.8, 4) is 16.3 Å². The molecule has 1 aliphatic rings. The lowest BCUT2D eigenvalue weighted by Crippen LogP contribution is -2.38. The monoisotopic (exact) mass is 407 g/mol. The molecule has 4 rings (SSSR count). The Labute approximate surface area is 175 Å². The fourth-order valence-corrected chi connectivity index (χ4v) is 4.50. The van der Waals surface area contributed by atoms with Crippen molar-refractivity contribution in [2.24, 2.45) is 0 Å². The fourth-order valence-electron chi connectivity index (χ4n) is 3.37. The van der Waals surface area contributed by atoms with Crippen LogP contribution in [0.1, 0.15) is 28.6 Å². The van der Waals surface area contributed by atoms with Crippen LogP contribution in [0.5, 0.6) is 5.75 Å². The average Bonchev–Trinajstić information content (AvgIpc) is 3.15. The Balaban J connectivity index is 1.45. The zero-order valence-corrected chi connectivity index (χ0v) is 17.8. The molecule has 150 valence electrons. The van der Waals surface area contributed by atoms with Crippen LogP contribution in [0.15, 0.2) is 42.5 Å². The van der Waals surface area contributed by atoms with Gasteiger partial charge in [-0.3, -0.25) is 0 Å². The molecular formula is C23H25N3O2S. The molecule has 1 aromatic heterocycles. The van der Waals surface area contributed by atoms with Crippen LogP contribution in [-0.4, -0.2) is 29.1 Å². The van der Waals surface area contributed by atoms with Gasteiger partial charge in [0.05, 0.1) is 18.8 Å². The third-order valence-corrected chi connectivity index (χ3v) is 6.32. The van der Waals surface area contributed by atoms with Crippen LogP contribution in [0.2, 0.25) is 0 Å². The number of rotatable bonds is 4. The largest absolute Gasteiger partial charge is 0.494 e. The van der Waals surface area contributed by atoms with Crippen LogP contribution in [0.25, 0.3) is 10.6 Å². The summed E-state index contributed by atoms with van der Waals surface area (Å²) in [5.41, 5.74) is 5.42. The maximum absolute atomic E-state index is 12.7. The lowest BCUT2D eigenvalue weighted by atomic mass is 10.1. The standard InChI is InChI=1S/C23H25N3O2S/c1-4-28-19-9-6-17(7-10-19)22-25-20-11-12-26(14-21(20)29-22)23(27)24-18-8-5-15(2)16(3)13-18/h5-10,13H,4,11-12,14H2,1-3H3,(H,24,27). The molecule has 0 spiro atoms. The van der Waals surface area contributed by atoms with Crippen molar-refractivity contribution in [3.63, 3.8) is 0 Å². The molecule has 2 amide bonds. The van der Waals surface area contributed by atoms with Crippen molar-refractivity contribution < 1.29 is 9.53 Å². The third kappa shape index (κ3) is 4.27. The van der Waals surface area contributed by atoms with Gasteiger partial charge in [0.15, 0.2) is 0 Å². The second kappa shape index (κ2) is 8.25. The molecular weight excluding hydrogens is 382 g/mol. The van der Waals surface area contributed by atoms with Crippen LogP contribution in [-0.2, 0) is 13.0 Å². The smallest absolute Gasteiger partial charge is 0.322 e. The van der Waals surface area contributed by atoms with Gasteiger partial charge in [0.2, 0.25) is 0 Å². The maximum atomic E-state index is 12.7. The summed E-state index contributed by atoms with van der Waals surface area (Å²) in [7, 11) is 0. The highest BCUT2D eigenvalue weighted by molar-refractivity contribution is 7.15. The van der Waals surface area contributed by atoms with E-state index in [1.54, 1.807) is 11.3 Å². The van der Waals surface area contributed by atoms with Gasteiger partial charge in [-0.1, -0.05) is 6.07 Å². The minimum absolute atomic E-state index is 0.0603. The van der Waals surface area contributed by atoms with Gasteiger partial charge in [0.1, 0.15) is 10.8 Å². The molecule has 0 fully saturated rings. The molecule has 0 radical (unpaired) electrons. The van der Waals surface area contributed by atoms with Crippen LogP contribution in [0.3, 0.4) is 0 Å². The maximum Gasteiger partial charge on any atom is 0.322 e. The Morgan fingerprint density at radius 2 is 1.97 bits per heavy atom. The van der Waals surface area contributed by atoms with Gasteiger partial charge in [0, 0.05) is 29.1 Å². The number of amides is 2. The molecule has 3 aromatic rings. The minimum Gasteiger partial charge on any atom is -0.494 e. The van der Waals surface area contributed by atoms with Crippen molar-refractivity contribution in [2.45, 2.75) is 33.7 Å². The van der Waals surface area contributed by atoms with Gasteiger partial charge < -0.3 is 15.0 Å². The van der Waals surface area contributed by atoms with Gasteiger partial charge in [-0.25, -0.2) is 9.78 Å². The van der Waals surface area contributed by atoms with E-state index in [1.165, 1.54) is 11.1 Å². The average molecular weight is 408 g/mol. The van der Waals surface area contributed by atoms with E-state index in [9.17, 15) is 4.79 Å². The number of carbonyl (C=O) groups is 1. The Morgan fingerprint density at radius 3 is 2.69 bits per heavy atom. The highest BCUT2D eigenvalue weighted by Gasteiger charge is 2.24. The first-order valence-electron chi connectivity index (χ1n) is 9.88. The second-order valence-electron chi connectivity index (χ2n) is 7.25. The topological polar surface area (TPSA) is 54.5 Å². The van der Waals surface area contributed by atoms with Gasteiger partial charge in [-0.15, -0.1) is 11.3 Å². The molecule has 1 N–H and O–H groups in total. The molecule has 0 atom stereocenters. The number of hydrogen-bond donors (Lipinski definition) is 1. The summed E-state index contributed by atoms with van der Waals surface area (Å²) >= 11 is 1.67. The number of ether oxygens (including phenoxy) is 1. The molecule has 0 unspecified atom stereocenters. The van der Waals surface area contributed by atoms with Crippen LogP contribution in [0, 0.1) is 13.8 Å². The fraction of sp³-hybridized carbons (Fsp3) is 0.304. The van der Waals surface area contributed by atoms with E-state index in [1.807, 2.05) is 54.3 Å². The van der Waals surface area contributed by atoms with E-state index >= 15 is 0 Å². The first-order valence-corrected chi connectivity index (χ1v) is 10.7. The predicted molar refractivity (Wildman–Crippen MR) is 118 cm³/mol. The second-order valence-corrected chi connectivity index (χ2v) is 8.33. The number of aromatic nitrogens is 1. The number of nitrogens with zero attached hydrogens (tertiary/aromatic N) is 2. The quantitative estimate of drug-likeness (QED) is 0.629. The highest BCUT2D eigenvalue weighted by Crippen LogP contribution is 2.32. The molecule has 0 aliphatic carbocycles. The summed E-state index contributed by atoms with van der Waals surface area (Å²) in [6.45, 7) is 8.03. The summed E-state index contributed by atoms with van der Waals surface area (Å²) in [5.74, 6) is 0.867. The number of nitrogens with one attached hydrogen (secondary N) is 1. The number of thiazole rings is 1. The van der Waals surface area contributed by atoms with Gasteiger partial charge in [-0.2, -0.15) is 0 Å². The first kappa shape index (κ1) is 19.5. The van der Waals surface area contributed by atoms with Crippen molar-refractivity contribution in [1.29, 1.82) is 0 Å². The zero-order chi connectivity index (χ0) is 20.4. The van der Waals surface area contributed by atoms with E-state index in [2.05, 4.69) is 19.2 Å². The SMILES string of the molecule is CCOc1ccc(-c2nc3c(s2)CN(C(=O)Nc2ccc(C)c(C)c2)CC3)cc1. The zero-order valence-electron chi connectivity index (χ0n) is 17.0. The van der Waals surface area contributed by atoms with Gasteiger partial charge in [-0.05, 0) is 68.3 Å². The molecule has 0 bridgehead atoms. The lowest BCUT2D eigenvalue weighted by Gasteiger charge is -2.26. The number of anilines is 1. The molecule has 0 saturated heterocycles. The van der Waals surface area contributed by atoms with Crippen LogP contribution in [0.4, 0.5) is 10.5 Å². The molecule has 6 heteroatoms. The van der Waals surface area contributed by atoms with Crippen molar-refractivity contribution >= 4 is 23.1 Å². The lowest BCUT2D eigenvalue weighted by molar-refractivity contribution is 0.207. The summed E-state index contributed by atoms with van der Waals surface area (Å²) in [4.78, 5) is 20.6. The Morgan fingerprint density at radius 1 is 1.17 bits per heavy atom. The first-order chi connectivity index (χ1) is 14.0. The summed E-state index contributed by atoms with van der Waals surface area (Å²) in [6.07, 6.45) is 0.781. The molecule has 2 aromatic carbocycles. The van der Waals surface area contributed by atoms with Crippen molar-refractivity contribution in [1.82, 2.24) is 9.88 Å². The Hall–Kier alpha value is -2.86. The van der Waals surface area contributed by atoms with E-state index in [-0.39, 0.29) is 6.03 Å². The minimum atomic E-state index is -0.0603. The predicted octanol–water partition coefficient (Wildman–Crippen LogP) is 5.42. The summed E-state index contributed by atoms with van der Waals surface area (Å²) in [6, 6.07) is 14.0. The van der Waals surface area contributed by atoms with Gasteiger partial charge >= 0.3 is 6.03 Å². The normalized spacial score (nSPS) is 13.1. The number of urea groups is 1. The van der Waals surface area contributed by atoms with Crippen LogP contribution >= 0.6 is 11.3 Å². The number of fused-ring (bicyclic) bond motifs is 1. The van der Waals surface area contributed by atoms with E-state index in [0.29, 0.717) is 19.7 Å². The molecule has 5 nitrogen and oxygen atoms in total.